The van der Waals surface area contributed by atoms with Crippen molar-refractivity contribution in [2.24, 2.45) is 11.3 Å². The predicted octanol–water partition coefficient (Wildman–Crippen LogP) is 1.51. The standard InChI is InChI=1S/C23H27N9O9P2S2/c24-10-1-2-26-20-12(10)29-8-32(20)22-17-15(33)11(39-22)4-37-42(35,44)41-18-16(34)14(9-3-23(9,18)5-38-43(36,45)40-17)31-7-30-13-19(25)27-6-28-21(13)31/h1-2,6-9,11,14-18,22,33-34H,3-5H2,(H2,24,26)(H,35,44)(H,36,45)(H2,25,27,28)/t9-,11-,14-,15-,16+,17-,18+,22-,23+,42+,43+/m1/s1. The first kappa shape index (κ1) is 30.0. The van der Waals surface area contributed by atoms with Gasteiger partial charge in [0, 0.05) is 11.6 Å². The van der Waals surface area contributed by atoms with Crippen LogP contribution in [0.25, 0.3) is 22.3 Å². The smallest absolute Gasteiger partial charge is 0.386 e. The summed E-state index contributed by atoms with van der Waals surface area (Å²) in [6.07, 6.45) is -1.46. The Morgan fingerprint density at radius 1 is 0.933 bits per heavy atom. The maximum absolute atomic E-state index is 13.7. The molecule has 240 valence electrons. The predicted molar refractivity (Wildman–Crippen MR) is 162 cm³/mol. The molecule has 0 radical (unpaired) electrons. The van der Waals surface area contributed by atoms with Gasteiger partial charge in [-0.1, -0.05) is 24.5 Å². The van der Waals surface area contributed by atoms with Gasteiger partial charge < -0.3 is 35.5 Å². The third-order valence-electron chi connectivity index (χ3n) is 9.00. The van der Waals surface area contributed by atoms with E-state index in [-0.39, 0.29) is 18.3 Å². The lowest BCUT2D eigenvalue weighted by Gasteiger charge is -2.31. The fourth-order valence-corrected chi connectivity index (χ4v) is 9.84. The number of aromatic nitrogens is 7. The number of aliphatic hydroxyl groups excluding tert-OH is 2. The zero-order chi connectivity index (χ0) is 31.5. The highest BCUT2D eigenvalue weighted by atomic mass is 32.7. The normalized spacial score (nSPS) is 41.7. The van der Waals surface area contributed by atoms with Crippen LogP contribution in [0, 0.1) is 11.3 Å². The summed E-state index contributed by atoms with van der Waals surface area (Å²) in [4.78, 5) is 21.1. The topological polar surface area (TPSA) is 247 Å². The average molecular weight is 700 g/mol. The molecule has 2 saturated carbocycles. The summed E-state index contributed by atoms with van der Waals surface area (Å²) in [6.45, 7) is -9.19. The van der Waals surface area contributed by atoms with Crippen molar-refractivity contribution >= 4 is 71.9 Å². The van der Waals surface area contributed by atoms with Crippen LogP contribution >= 0.6 is 38.1 Å². The molecule has 6 heterocycles. The van der Waals surface area contributed by atoms with Gasteiger partial charge >= 0.3 is 13.6 Å². The first-order valence-electron chi connectivity index (χ1n) is 13.7. The van der Waals surface area contributed by atoms with E-state index < -0.39 is 68.4 Å². The molecule has 0 amide bonds. The summed E-state index contributed by atoms with van der Waals surface area (Å²) >= 11 is 8.41. The molecule has 0 aromatic carbocycles. The van der Waals surface area contributed by atoms with E-state index in [4.69, 9.17) is 34.3 Å². The summed E-state index contributed by atoms with van der Waals surface area (Å²) in [5.41, 5.74) is 12.8. The van der Waals surface area contributed by atoms with Gasteiger partial charge in [-0.2, -0.15) is 0 Å². The third kappa shape index (κ3) is 4.73. The van der Waals surface area contributed by atoms with Crippen molar-refractivity contribution in [3.63, 3.8) is 0 Å². The number of hydrogen-bond donors (Lipinski definition) is 6. The number of aliphatic hydroxyl groups is 2. The molecule has 1 spiro atoms. The van der Waals surface area contributed by atoms with Crippen LogP contribution in [0.5, 0.6) is 0 Å². The number of imidazole rings is 2. The lowest BCUT2D eigenvalue weighted by molar-refractivity contribution is -0.0554. The molecule has 18 nitrogen and oxygen atoms in total. The zero-order valence-electron chi connectivity index (χ0n) is 23.0. The van der Waals surface area contributed by atoms with E-state index in [1.54, 1.807) is 10.6 Å². The third-order valence-corrected chi connectivity index (χ3v) is 12.2. The van der Waals surface area contributed by atoms with E-state index in [0.29, 0.717) is 34.4 Å². The van der Waals surface area contributed by atoms with Gasteiger partial charge in [-0.05, 0) is 18.4 Å². The highest BCUT2D eigenvalue weighted by Crippen LogP contribution is 2.73. The minimum absolute atomic E-state index is 0.167. The number of hydrogen-bond acceptors (Lipinski definition) is 16. The minimum Gasteiger partial charge on any atom is -0.397 e. The van der Waals surface area contributed by atoms with E-state index in [2.05, 4.69) is 49.4 Å². The second-order valence-electron chi connectivity index (χ2n) is 11.5. The number of nitrogens with zero attached hydrogens (tertiary/aromatic N) is 7. The Hall–Kier alpha value is -2.35. The molecule has 4 aromatic heterocycles. The van der Waals surface area contributed by atoms with Gasteiger partial charge in [0.15, 0.2) is 23.3 Å². The molecule has 0 unspecified atom stereocenters. The first-order valence-corrected chi connectivity index (χ1v) is 19.1. The molecule has 45 heavy (non-hydrogen) atoms. The Labute approximate surface area is 264 Å². The molecule has 8 rings (SSSR count). The van der Waals surface area contributed by atoms with Crippen molar-refractivity contribution in [2.45, 2.75) is 49.2 Å². The zero-order valence-corrected chi connectivity index (χ0v) is 26.5. The number of thiol groups is 2. The molecule has 2 aliphatic carbocycles. The fourth-order valence-electron chi connectivity index (χ4n) is 6.82. The van der Waals surface area contributed by atoms with Gasteiger partial charge in [0.05, 0.1) is 37.6 Å². The molecule has 4 aromatic rings. The number of pyridine rings is 1. The molecule has 2 aliphatic heterocycles. The second kappa shape index (κ2) is 10.3. The number of anilines is 2. The highest BCUT2D eigenvalue weighted by molar-refractivity contribution is 8.44. The number of nitrogens with two attached hydrogens (primary N) is 2. The summed E-state index contributed by atoms with van der Waals surface area (Å²) < 4.78 is 59.7. The molecule has 2 saturated heterocycles. The van der Waals surface area contributed by atoms with E-state index >= 15 is 0 Å². The Morgan fingerprint density at radius 2 is 1.67 bits per heavy atom. The summed E-state index contributed by atoms with van der Waals surface area (Å²) in [5.74, 6) is -0.162. The molecular formula is C23H27N9O9P2S2. The quantitative estimate of drug-likeness (QED) is 0.128. The molecule has 11 atom stereocenters. The van der Waals surface area contributed by atoms with Crippen LogP contribution in [-0.2, 0) is 32.0 Å². The maximum atomic E-state index is 13.7. The van der Waals surface area contributed by atoms with Crippen molar-refractivity contribution in [3.05, 3.63) is 31.2 Å². The molecule has 2 bridgehead atoms. The molecule has 4 aliphatic rings. The van der Waals surface area contributed by atoms with E-state index in [1.807, 2.05) is 0 Å². The van der Waals surface area contributed by atoms with Gasteiger partial charge in [0.25, 0.3) is 0 Å². The van der Waals surface area contributed by atoms with Gasteiger partial charge in [-0.25, -0.2) is 34.0 Å². The van der Waals surface area contributed by atoms with Crippen LogP contribution in [0.3, 0.4) is 0 Å². The van der Waals surface area contributed by atoms with Crippen LogP contribution in [-0.4, -0.2) is 88.0 Å². The summed E-state index contributed by atoms with van der Waals surface area (Å²) in [5, 5.41) is 22.8. The Kier molecular flexibility index (Phi) is 6.89. The van der Waals surface area contributed by atoms with E-state index in [9.17, 15) is 19.3 Å². The lowest BCUT2D eigenvalue weighted by Crippen LogP contribution is -2.37. The highest BCUT2D eigenvalue weighted by Gasteiger charge is 2.74. The van der Waals surface area contributed by atoms with Crippen molar-refractivity contribution < 1.29 is 42.2 Å². The number of rotatable bonds is 2. The van der Waals surface area contributed by atoms with Crippen molar-refractivity contribution in [2.75, 3.05) is 24.7 Å². The minimum atomic E-state index is -4.23. The van der Waals surface area contributed by atoms with Gasteiger partial charge in [-0.3, -0.25) is 18.1 Å². The van der Waals surface area contributed by atoms with Gasteiger partial charge in [0.1, 0.15) is 47.9 Å². The molecule has 4 fully saturated rings. The van der Waals surface area contributed by atoms with Gasteiger partial charge in [0.2, 0.25) is 0 Å². The van der Waals surface area contributed by atoms with Crippen LogP contribution < -0.4 is 11.5 Å². The van der Waals surface area contributed by atoms with Gasteiger partial charge in [-0.15, -0.1) is 0 Å². The first-order chi connectivity index (χ1) is 21.4. The Balaban J connectivity index is 1.14. The second-order valence-corrected chi connectivity index (χ2v) is 17.2. The van der Waals surface area contributed by atoms with Crippen LogP contribution in [0.15, 0.2) is 31.2 Å². The molecular weight excluding hydrogens is 672 g/mol. The number of fused-ring (bicyclic) bond motifs is 4. The lowest BCUT2D eigenvalue weighted by atomic mass is 10.0. The van der Waals surface area contributed by atoms with Crippen LogP contribution in [0.4, 0.5) is 11.5 Å². The number of nitrogen functional groups attached to an aromatic ring is 2. The fraction of sp³-hybridized carbons (Fsp3) is 0.522. The van der Waals surface area contributed by atoms with Crippen molar-refractivity contribution in [1.29, 1.82) is 0 Å². The van der Waals surface area contributed by atoms with Crippen molar-refractivity contribution in [1.82, 2.24) is 34.1 Å². The monoisotopic (exact) mass is 699 g/mol. The summed E-state index contributed by atoms with van der Waals surface area (Å²) in [7, 11) is 0. The SMILES string of the molecule is Nc1ncnc2c1ncn2[C@H]1[C@H](O)[C@@H]2O[P@@](=O)(S)OC[C@H]3O[C@@H](n4cnc5c(N)ccnc54)[C@H](O[P@@](=O)(S)OC[C@]24C[C@H]14)[C@@H]3O. The molecule has 6 N–H and O–H groups in total. The largest absolute Gasteiger partial charge is 0.397 e. The Morgan fingerprint density at radius 3 is 2.49 bits per heavy atom. The summed E-state index contributed by atoms with van der Waals surface area (Å²) in [6, 6.07) is 0.910. The molecule has 22 heteroatoms. The van der Waals surface area contributed by atoms with Crippen molar-refractivity contribution in [3.8, 4) is 0 Å². The van der Waals surface area contributed by atoms with E-state index in [0.717, 1.165) is 0 Å². The van der Waals surface area contributed by atoms with Crippen LogP contribution in [0.2, 0.25) is 0 Å². The van der Waals surface area contributed by atoms with Crippen LogP contribution in [0.1, 0.15) is 18.7 Å². The average Bonchev–Trinajstić information content (AvgIpc) is 3.28. The Bertz CT molecular complexity index is 1930. The van der Waals surface area contributed by atoms with E-state index in [1.165, 1.54) is 29.7 Å². The number of ether oxygens (including phenoxy) is 1. The maximum Gasteiger partial charge on any atom is 0.386 e.